The molecule has 3 rings (SSSR count). The van der Waals surface area contributed by atoms with Crippen LogP contribution in [-0.2, 0) is 6.42 Å². The molecule has 19 heavy (non-hydrogen) atoms. The Kier molecular flexibility index (Phi) is 3.75. The van der Waals surface area contributed by atoms with Crippen LogP contribution >= 0.6 is 11.6 Å². The summed E-state index contributed by atoms with van der Waals surface area (Å²) in [6.45, 7) is 2.15. The smallest absolute Gasteiger partial charge is 0.123 e. The topological polar surface area (TPSA) is 9.23 Å². The minimum atomic E-state index is 0.335. The molecule has 0 amide bonds. The van der Waals surface area contributed by atoms with Crippen LogP contribution in [0.4, 0.5) is 0 Å². The predicted molar refractivity (Wildman–Crippen MR) is 80.2 cm³/mol. The van der Waals surface area contributed by atoms with E-state index in [0.717, 1.165) is 24.5 Å². The van der Waals surface area contributed by atoms with E-state index in [0.29, 0.717) is 11.5 Å². The van der Waals surface area contributed by atoms with E-state index in [4.69, 9.17) is 16.3 Å². The number of alkyl halides is 1. The summed E-state index contributed by atoms with van der Waals surface area (Å²) in [5.74, 6) is 1.89. The second kappa shape index (κ2) is 5.36. The Morgan fingerprint density at radius 2 is 2.05 bits per heavy atom. The molecule has 104 valence electrons. The molecule has 2 heteroatoms. The molecule has 1 saturated carbocycles. The highest BCUT2D eigenvalue weighted by atomic mass is 35.5. The lowest BCUT2D eigenvalue weighted by Crippen LogP contribution is -2.32. The molecule has 0 aromatic heterocycles. The molecule has 1 aliphatic carbocycles. The average Bonchev–Trinajstić information content (AvgIpc) is 2.81. The molecule has 1 fully saturated rings. The van der Waals surface area contributed by atoms with Gasteiger partial charge in [0.2, 0.25) is 0 Å². The van der Waals surface area contributed by atoms with Gasteiger partial charge in [0.25, 0.3) is 0 Å². The molecular weight excluding hydrogens is 256 g/mol. The van der Waals surface area contributed by atoms with E-state index in [1.807, 2.05) is 0 Å². The number of halogens is 1. The minimum absolute atomic E-state index is 0.335. The van der Waals surface area contributed by atoms with Crippen LogP contribution < -0.4 is 4.74 Å². The second-order valence-corrected chi connectivity index (χ2v) is 6.72. The van der Waals surface area contributed by atoms with Gasteiger partial charge < -0.3 is 4.74 Å². The van der Waals surface area contributed by atoms with E-state index >= 15 is 0 Å². The number of hydrogen-bond acceptors (Lipinski definition) is 1. The standard InChI is InChI=1S/C17H23ClO/c1-13-5-6-16-14(9-13)10-15(19-16)11-17(12-18)7-3-2-4-8-17/h5-6,9,15H,2-4,7-8,10-12H2,1H3. The first kappa shape index (κ1) is 13.3. The average molecular weight is 279 g/mol. The van der Waals surface area contributed by atoms with Gasteiger partial charge in [-0.1, -0.05) is 37.0 Å². The Labute approximate surface area is 121 Å². The molecule has 1 nitrogen and oxygen atoms in total. The molecule has 1 atom stereocenters. The first-order valence-corrected chi connectivity index (χ1v) is 8.06. The first-order valence-electron chi connectivity index (χ1n) is 7.53. The van der Waals surface area contributed by atoms with Crippen LogP contribution in [0.3, 0.4) is 0 Å². The lowest BCUT2D eigenvalue weighted by molar-refractivity contribution is 0.114. The lowest BCUT2D eigenvalue weighted by Gasteiger charge is -2.37. The molecule has 1 unspecified atom stereocenters. The van der Waals surface area contributed by atoms with Crippen molar-refractivity contribution in [2.75, 3.05) is 5.88 Å². The number of hydrogen-bond donors (Lipinski definition) is 0. The zero-order valence-electron chi connectivity index (χ0n) is 11.8. The van der Waals surface area contributed by atoms with Gasteiger partial charge in [-0.15, -0.1) is 11.6 Å². The number of benzene rings is 1. The normalized spacial score (nSPS) is 24.8. The summed E-state index contributed by atoms with van der Waals surface area (Å²) in [5, 5.41) is 0. The van der Waals surface area contributed by atoms with Crippen molar-refractivity contribution in [1.82, 2.24) is 0 Å². The van der Waals surface area contributed by atoms with Crippen LogP contribution in [-0.4, -0.2) is 12.0 Å². The third kappa shape index (κ3) is 2.76. The van der Waals surface area contributed by atoms with Gasteiger partial charge in [-0.05, 0) is 43.2 Å². The number of fused-ring (bicyclic) bond motifs is 1. The third-order valence-electron chi connectivity index (χ3n) is 4.82. The maximum absolute atomic E-state index is 6.30. The fourth-order valence-electron chi connectivity index (χ4n) is 3.74. The zero-order chi connectivity index (χ0) is 13.3. The number of rotatable bonds is 3. The van der Waals surface area contributed by atoms with Crippen molar-refractivity contribution in [2.24, 2.45) is 5.41 Å². The first-order chi connectivity index (χ1) is 9.21. The monoisotopic (exact) mass is 278 g/mol. The maximum Gasteiger partial charge on any atom is 0.123 e. The number of ether oxygens (including phenoxy) is 1. The van der Waals surface area contributed by atoms with E-state index in [1.54, 1.807) is 0 Å². The van der Waals surface area contributed by atoms with Crippen LogP contribution in [0.1, 0.15) is 49.7 Å². The van der Waals surface area contributed by atoms with Crippen LogP contribution in [0.5, 0.6) is 5.75 Å². The molecule has 0 saturated heterocycles. The van der Waals surface area contributed by atoms with Crippen molar-refractivity contribution in [3.05, 3.63) is 29.3 Å². The van der Waals surface area contributed by atoms with Crippen molar-refractivity contribution in [3.8, 4) is 5.75 Å². The van der Waals surface area contributed by atoms with E-state index < -0.39 is 0 Å². The SMILES string of the molecule is Cc1ccc2c(c1)CC(CC1(CCl)CCCCC1)O2. The van der Waals surface area contributed by atoms with Crippen LogP contribution in [0.15, 0.2) is 18.2 Å². The highest BCUT2D eigenvalue weighted by Gasteiger charge is 2.36. The second-order valence-electron chi connectivity index (χ2n) is 6.45. The Bertz CT molecular complexity index is 449. The van der Waals surface area contributed by atoms with Crippen LogP contribution in [0.25, 0.3) is 0 Å². The lowest BCUT2D eigenvalue weighted by atomic mass is 9.72. The third-order valence-corrected chi connectivity index (χ3v) is 5.38. The van der Waals surface area contributed by atoms with Gasteiger partial charge in [-0.2, -0.15) is 0 Å². The molecule has 1 aliphatic heterocycles. The summed E-state index contributed by atoms with van der Waals surface area (Å²) in [7, 11) is 0. The Hall–Kier alpha value is -0.690. The van der Waals surface area contributed by atoms with Gasteiger partial charge >= 0.3 is 0 Å². The van der Waals surface area contributed by atoms with E-state index in [1.165, 1.54) is 43.2 Å². The van der Waals surface area contributed by atoms with Crippen LogP contribution in [0, 0.1) is 12.3 Å². The van der Waals surface area contributed by atoms with Gasteiger partial charge in [-0.3, -0.25) is 0 Å². The molecule has 0 radical (unpaired) electrons. The van der Waals surface area contributed by atoms with Crippen LogP contribution in [0.2, 0.25) is 0 Å². The van der Waals surface area contributed by atoms with Crippen molar-refractivity contribution in [1.29, 1.82) is 0 Å². The maximum atomic E-state index is 6.30. The Morgan fingerprint density at radius 1 is 1.26 bits per heavy atom. The Balaban J connectivity index is 1.69. The molecule has 1 aromatic carbocycles. The van der Waals surface area contributed by atoms with Crippen molar-refractivity contribution >= 4 is 11.6 Å². The minimum Gasteiger partial charge on any atom is -0.490 e. The fourth-order valence-corrected chi connectivity index (χ4v) is 4.12. The van der Waals surface area contributed by atoms with Gasteiger partial charge in [0, 0.05) is 12.3 Å². The largest absolute Gasteiger partial charge is 0.490 e. The molecule has 1 aromatic rings. The molecule has 0 N–H and O–H groups in total. The molecular formula is C17H23ClO. The summed E-state index contributed by atoms with van der Waals surface area (Å²) in [6, 6.07) is 6.53. The zero-order valence-corrected chi connectivity index (χ0v) is 12.5. The molecule has 1 heterocycles. The highest BCUT2D eigenvalue weighted by Crippen LogP contribution is 2.44. The van der Waals surface area contributed by atoms with Gasteiger partial charge in [0.05, 0.1) is 0 Å². The van der Waals surface area contributed by atoms with E-state index in [-0.39, 0.29) is 0 Å². The summed E-state index contributed by atoms with van der Waals surface area (Å²) >= 11 is 6.30. The molecule has 0 spiro atoms. The van der Waals surface area contributed by atoms with Gasteiger partial charge in [-0.25, -0.2) is 0 Å². The van der Waals surface area contributed by atoms with E-state index in [2.05, 4.69) is 25.1 Å². The molecule has 2 aliphatic rings. The van der Waals surface area contributed by atoms with Crippen molar-refractivity contribution in [3.63, 3.8) is 0 Å². The summed E-state index contributed by atoms with van der Waals surface area (Å²) in [5.41, 5.74) is 3.04. The quantitative estimate of drug-likeness (QED) is 0.716. The van der Waals surface area contributed by atoms with Crippen molar-refractivity contribution < 1.29 is 4.74 Å². The van der Waals surface area contributed by atoms with Crippen molar-refractivity contribution in [2.45, 2.75) is 58.0 Å². The van der Waals surface area contributed by atoms with Gasteiger partial charge in [0.1, 0.15) is 11.9 Å². The summed E-state index contributed by atoms with van der Waals surface area (Å²) in [4.78, 5) is 0. The summed E-state index contributed by atoms with van der Waals surface area (Å²) < 4.78 is 6.13. The highest BCUT2D eigenvalue weighted by molar-refractivity contribution is 6.18. The summed E-state index contributed by atoms with van der Waals surface area (Å²) in [6.07, 6.45) is 9.16. The van der Waals surface area contributed by atoms with Gasteiger partial charge in [0.15, 0.2) is 0 Å². The Morgan fingerprint density at radius 3 is 2.79 bits per heavy atom. The fraction of sp³-hybridized carbons (Fsp3) is 0.647. The molecule has 0 bridgehead atoms. The van der Waals surface area contributed by atoms with E-state index in [9.17, 15) is 0 Å². The number of aryl methyl sites for hydroxylation is 1. The predicted octanol–water partition coefficient (Wildman–Crippen LogP) is 4.88.